The largest absolute Gasteiger partial charge is 0.439 e. The van der Waals surface area contributed by atoms with E-state index in [4.69, 9.17) is 4.74 Å². The van der Waals surface area contributed by atoms with Crippen LogP contribution in [-0.2, 0) is 26.3 Å². The zero-order valence-electron chi connectivity index (χ0n) is 16.5. The second-order valence-electron chi connectivity index (χ2n) is 6.73. The van der Waals surface area contributed by atoms with Crippen LogP contribution in [0.5, 0.6) is 0 Å². The highest BCUT2D eigenvalue weighted by Crippen LogP contribution is 2.34. The number of benzene rings is 3. The molecule has 1 N–H and O–H groups in total. The highest BCUT2D eigenvalue weighted by atomic mass is 16.6. The second kappa shape index (κ2) is 9.69. The third-order valence-electron chi connectivity index (χ3n) is 4.78. The number of carbonyl (C=O) groups excluding carboxylic acids is 2. The topological polar surface area (TPSA) is 55.4 Å². The molecule has 3 rings (SSSR count). The Hall–Kier alpha value is -3.40. The van der Waals surface area contributed by atoms with E-state index < -0.39 is 11.6 Å². The lowest BCUT2D eigenvalue weighted by molar-refractivity contribution is -0.165. The molecule has 3 aromatic rings. The SMILES string of the molecule is CCC(=O)OC(C(=O)NCCc1ccccc1)(c1ccccc1)c1ccccc1. The van der Waals surface area contributed by atoms with Crippen molar-refractivity contribution in [2.75, 3.05) is 6.54 Å². The van der Waals surface area contributed by atoms with Gasteiger partial charge in [-0.15, -0.1) is 0 Å². The van der Waals surface area contributed by atoms with Crippen LogP contribution in [-0.4, -0.2) is 18.4 Å². The molecule has 0 unspecified atom stereocenters. The smallest absolute Gasteiger partial charge is 0.307 e. The highest BCUT2D eigenvalue weighted by molar-refractivity contribution is 5.92. The van der Waals surface area contributed by atoms with E-state index in [1.165, 1.54) is 0 Å². The highest BCUT2D eigenvalue weighted by Gasteiger charge is 2.45. The van der Waals surface area contributed by atoms with Crippen molar-refractivity contribution in [3.8, 4) is 0 Å². The predicted octanol–water partition coefficient (Wildman–Crippen LogP) is 4.24. The molecule has 0 radical (unpaired) electrons. The van der Waals surface area contributed by atoms with Gasteiger partial charge in [-0.25, -0.2) is 0 Å². The molecule has 3 aromatic carbocycles. The molecule has 0 aliphatic carbocycles. The molecule has 0 saturated carbocycles. The molecule has 0 fully saturated rings. The molecule has 4 heteroatoms. The summed E-state index contributed by atoms with van der Waals surface area (Å²) in [7, 11) is 0. The predicted molar refractivity (Wildman–Crippen MR) is 113 cm³/mol. The van der Waals surface area contributed by atoms with Crippen LogP contribution >= 0.6 is 0 Å². The lowest BCUT2D eigenvalue weighted by Gasteiger charge is -2.33. The number of hydrogen-bond donors (Lipinski definition) is 1. The van der Waals surface area contributed by atoms with Crippen LogP contribution in [0.15, 0.2) is 91.0 Å². The Labute approximate surface area is 171 Å². The number of carbonyl (C=O) groups is 2. The van der Waals surface area contributed by atoms with Crippen LogP contribution in [0, 0.1) is 0 Å². The Bertz CT molecular complexity index is 885. The lowest BCUT2D eigenvalue weighted by Crippen LogP contribution is -2.49. The van der Waals surface area contributed by atoms with E-state index >= 15 is 0 Å². The van der Waals surface area contributed by atoms with Gasteiger partial charge in [-0.2, -0.15) is 0 Å². The minimum absolute atomic E-state index is 0.179. The van der Waals surface area contributed by atoms with E-state index in [9.17, 15) is 9.59 Å². The molecule has 0 saturated heterocycles. The minimum Gasteiger partial charge on any atom is -0.439 e. The summed E-state index contributed by atoms with van der Waals surface area (Å²) in [5, 5.41) is 2.98. The molecule has 4 nitrogen and oxygen atoms in total. The van der Waals surface area contributed by atoms with E-state index in [-0.39, 0.29) is 12.3 Å². The fourth-order valence-corrected chi connectivity index (χ4v) is 3.27. The maximum atomic E-state index is 13.5. The van der Waals surface area contributed by atoms with Crippen LogP contribution in [0.3, 0.4) is 0 Å². The van der Waals surface area contributed by atoms with Gasteiger partial charge in [0.15, 0.2) is 0 Å². The monoisotopic (exact) mass is 387 g/mol. The van der Waals surface area contributed by atoms with Crippen LogP contribution < -0.4 is 5.32 Å². The number of ether oxygens (including phenoxy) is 1. The van der Waals surface area contributed by atoms with Gasteiger partial charge in [0.2, 0.25) is 5.60 Å². The first-order valence-corrected chi connectivity index (χ1v) is 9.82. The summed E-state index contributed by atoms with van der Waals surface area (Å²) in [6.45, 7) is 2.16. The normalized spacial score (nSPS) is 10.9. The number of hydrogen-bond acceptors (Lipinski definition) is 3. The van der Waals surface area contributed by atoms with Crippen molar-refractivity contribution in [2.24, 2.45) is 0 Å². The van der Waals surface area contributed by atoms with Crippen LogP contribution in [0.4, 0.5) is 0 Å². The molecular weight excluding hydrogens is 362 g/mol. The van der Waals surface area contributed by atoms with Gasteiger partial charge in [-0.1, -0.05) is 97.9 Å². The number of esters is 1. The summed E-state index contributed by atoms with van der Waals surface area (Å²) >= 11 is 0. The van der Waals surface area contributed by atoms with Gasteiger partial charge in [0.25, 0.3) is 5.91 Å². The lowest BCUT2D eigenvalue weighted by atomic mass is 9.85. The molecule has 1 amide bonds. The number of nitrogens with one attached hydrogen (secondary N) is 1. The summed E-state index contributed by atoms with van der Waals surface area (Å²) in [6.07, 6.45) is 0.868. The van der Waals surface area contributed by atoms with E-state index in [0.717, 1.165) is 5.56 Å². The number of rotatable bonds is 8. The van der Waals surface area contributed by atoms with E-state index in [0.29, 0.717) is 24.1 Å². The van der Waals surface area contributed by atoms with Crippen molar-refractivity contribution in [2.45, 2.75) is 25.4 Å². The first-order valence-electron chi connectivity index (χ1n) is 9.82. The second-order valence-corrected chi connectivity index (χ2v) is 6.73. The van der Waals surface area contributed by atoms with Gasteiger partial charge >= 0.3 is 5.97 Å². The maximum Gasteiger partial charge on any atom is 0.307 e. The van der Waals surface area contributed by atoms with E-state index in [1.807, 2.05) is 91.0 Å². The molecule has 29 heavy (non-hydrogen) atoms. The molecule has 0 atom stereocenters. The summed E-state index contributed by atoms with van der Waals surface area (Å²) in [5.41, 5.74) is 0.825. The summed E-state index contributed by atoms with van der Waals surface area (Å²) < 4.78 is 5.87. The molecule has 0 heterocycles. The van der Waals surface area contributed by atoms with Gasteiger partial charge < -0.3 is 10.1 Å². The molecule has 148 valence electrons. The Balaban J connectivity index is 1.96. The van der Waals surface area contributed by atoms with Gasteiger partial charge in [0.05, 0.1) is 0 Å². The Morgan fingerprint density at radius 1 is 0.793 bits per heavy atom. The Morgan fingerprint density at radius 2 is 1.28 bits per heavy atom. The van der Waals surface area contributed by atoms with Crippen molar-refractivity contribution in [3.05, 3.63) is 108 Å². The summed E-state index contributed by atoms with van der Waals surface area (Å²) in [4.78, 5) is 25.9. The Morgan fingerprint density at radius 3 is 1.76 bits per heavy atom. The van der Waals surface area contributed by atoms with Crippen LogP contribution in [0.2, 0.25) is 0 Å². The van der Waals surface area contributed by atoms with E-state index in [2.05, 4.69) is 5.32 Å². The third-order valence-corrected chi connectivity index (χ3v) is 4.78. The molecule has 0 aliphatic rings. The quantitative estimate of drug-likeness (QED) is 0.588. The fraction of sp³-hybridized carbons (Fsp3) is 0.200. The first kappa shape index (κ1) is 20.3. The van der Waals surface area contributed by atoms with Crippen molar-refractivity contribution in [1.82, 2.24) is 5.32 Å². The average molecular weight is 387 g/mol. The van der Waals surface area contributed by atoms with Gasteiger partial charge in [0, 0.05) is 24.1 Å². The van der Waals surface area contributed by atoms with Crippen molar-refractivity contribution >= 4 is 11.9 Å². The first-order chi connectivity index (χ1) is 14.2. The van der Waals surface area contributed by atoms with Gasteiger partial charge in [-0.05, 0) is 12.0 Å². The van der Waals surface area contributed by atoms with Gasteiger partial charge in [0.1, 0.15) is 0 Å². The fourth-order valence-electron chi connectivity index (χ4n) is 3.27. The van der Waals surface area contributed by atoms with Crippen molar-refractivity contribution < 1.29 is 14.3 Å². The van der Waals surface area contributed by atoms with Crippen molar-refractivity contribution in [3.63, 3.8) is 0 Å². The summed E-state index contributed by atoms with van der Waals surface area (Å²) in [6, 6.07) is 28.3. The van der Waals surface area contributed by atoms with Crippen molar-refractivity contribution in [1.29, 1.82) is 0 Å². The minimum atomic E-state index is -1.54. The maximum absolute atomic E-state index is 13.5. The zero-order valence-corrected chi connectivity index (χ0v) is 16.5. The summed E-state index contributed by atoms with van der Waals surface area (Å²) in [5.74, 6) is -0.788. The standard InChI is InChI=1S/C25H25NO3/c1-2-23(27)29-25(21-14-8-4-9-15-21,22-16-10-5-11-17-22)24(28)26-19-18-20-12-6-3-7-13-20/h3-17H,2,18-19H2,1H3,(H,26,28). The van der Waals surface area contributed by atoms with Crippen LogP contribution in [0.1, 0.15) is 30.0 Å². The molecule has 0 aliphatic heterocycles. The Kier molecular flexibility index (Phi) is 6.80. The number of amides is 1. The van der Waals surface area contributed by atoms with E-state index in [1.54, 1.807) is 6.92 Å². The average Bonchev–Trinajstić information content (AvgIpc) is 2.79. The zero-order chi connectivity index (χ0) is 20.5. The van der Waals surface area contributed by atoms with Crippen LogP contribution in [0.25, 0.3) is 0 Å². The molecule has 0 aromatic heterocycles. The third kappa shape index (κ3) is 4.72. The van der Waals surface area contributed by atoms with Gasteiger partial charge in [-0.3, -0.25) is 9.59 Å². The molecule has 0 bridgehead atoms. The molecule has 0 spiro atoms. The molecular formula is C25H25NO3.